The lowest BCUT2D eigenvalue weighted by Gasteiger charge is -2.26. The Hall–Kier alpha value is -2.08. The average molecular weight is 307 g/mol. The number of hydrogen-bond acceptors (Lipinski definition) is 4. The summed E-state index contributed by atoms with van der Waals surface area (Å²) in [4.78, 5) is 22.9. The fraction of sp³-hybridized carbons (Fsp3) is 0.500. The number of ether oxygens (including phenoxy) is 2. The molecule has 0 saturated carbocycles. The zero-order valence-electron chi connectivity index (χ0n) is 12.6. The first-order valence-corrected chi connectivity index (χ1v) is 7.35. The predicted octanol–water partition coefficient (Wildman–Crippen LogP) is 1.38. The van der Waals surface area contributed by atoms with E-state index in [4.69, 9.17) is 14.6 Å². The van der Waals surface area contributed by atoms with Crippen molar-refractivity contribution in [1.29, 1.82) is 0 Å². The molecule has 6 nitrogen and oxygen atoms in total. The molecule has 1 aromatic carbocycles. The van der Waals surface area contributed by atoms with Gasteiger partial charge in [-0.3, -0.25) is 9.59 Å². The molecule has 0 aromatic heterocycles. The summed E-state index contributed by atoms with van der Waals surface area (Å²) >= 11 is 0. The largest absolute Gasteiger partial charge is 0.484 e. The van der Waals surface area contributed by atoms with Crippen LogP contribution in [0.3, 0.4) is 0 Å². The van der Waals surface area contributed by atoms with Crippen LogP contribution in [0.25, 0.3) is 0 Å². The van der Waals surface area contributed by atoms with Crippen LogP contribution in [0, 0.1) is 0 Å². The standard InChI is InChI=1S/C16H21NO5/c1-2-12-3-5-13(6-4-12)22-10-14(18)17-16(9-15(19)20)7-8-21-11-16/h3-6H,2,7-11H2,1H3,(H,17,18)(H,19,20). The van der Waals surface area contributed by atoms with Crippen molar-refractivity contribution in [2.75, 3.05) is 19.8 Å². The molecule has 0 radical (unpaired) electrons. The van der Waals surface area contributed by atoms with Gasteiger partial charge in [0.25, 0.3) is 5.91 Å². The van der Waals surface area contributed by atoms with Crippen molar-refractivity contribution in [2.24, 2.45) is 0 Å². The van der Waals surface area contributed by atoms with Gasteiger partial charge in [0.1, 0.15) is 5.75 Å². The summed E-state index contributed by atoms with van der Waals surface area (Å²) in [6, 6.07) is 7.53. The second-order valence-corrected chi connectivity index (χ2v) is 5.49. The Balaban J connectivity index is 1.86. The molecule has 0 spiro atoms. The number of amides is 1. The van der Waals surface area contributed by atoms with E-state index in [1.807, 2.05) is 24.3 Å². The molecule has 22 heavy (non-hydrogen) atoms. The second-order valence-electron chi connectivity index (χ2n) is 5.49. The molecule has 1 aliphatic heterocycles. The summed E-state index contributed by atoms with van der Waals surface area (Å²) in [6.07, 6.45) is 1.29. The van der Waals surface area contributed by atoms with Crippen molar-refractivity contribution in [3.05, 3.63) is 29.8 Å². The Bertz CT molecular complexity index is 520. The number of carbonyl (C=O) groups excluding carboxylic acids is 1. The van der Waals surface area contributed by atoms with Crippen molar-refractivity contribution in [3.63, 3.8) is 0 Å². The highest BCUT2D eigenvalue weighted by Crippen LogP contribution is 2.22. The third kappa shape index (κ3) is 4.46. The number of hydrogen-bond donors (Lipinski definition) is 2. The molecule has 1 aliphatic rings. The molecule has 1 aromatic rings. The number of carboxylic acid groups (broad SMARTS) is 1. The molecule has 6 heteroatoms. The van der Waals surface area contributed by atoms with E-state index < -0.39 is 11.5 Å². The Morgan fingerprint density at radius 1 is 1.36 bits per heavy atom. The van der Waals surface area contributed by atoms with Crippen molar-refractivity contribution in [1.82, 2.24) is 5.32 Å². The first-order chi connectivity index (χ1) is 10.5. The van der Waals surface area contributed by atoms with Gasteiger partial charge in [-0.25, -0.2) is 0 Å². The smallest absolute Gasteiger partial charge is 0.305 e. The first kappa shape index (κ1) is 16.3. The van der Waals surface area contributed by atoms with Crippen LogP contribution in [-0.2, 0) is 20.7 Å². The van der Waals surface area contributed by atoms with Crippen molar-refractivity contribution in [3.8, 4) is 5.75 Å². The lowest BCUT2D eigenvalue weighted by molar-refractivity contribution is -0.139. The van der Waals surface area contributed by atoms with Gasteiger partial charge < -0.3 is 19.9 Å². The van der Waals surface area contributed by atoms with Gasteiger partial charge in [-0.2, -0.15) is 0 Å². The van der Waals surface area contributed by atoms with Crippen LogP contribution in [-0.4, -0.2) is 42.3 Å². The number of aliphatic carboxylic acids is 1. The zero-order valence-corrected chi connectivity index (χ0v) is 12.6. The molecule has 1 fully saturated rings. The van der Waals surface area contributed by atoms with Crippen molar-refractivity contribution < 1.29 is 24.2 Å². The topological polar surface area (TPSA) is 84.9 Å². The van der Waals surface area contributed by atoms with E-state index in [9.17, 15) is 9.59 Å². The fourth-order valence-electron chi connectivity index (χ4n) is 2.48. The Morgan fingerprint density at radius 2 is 2.09 bits per heavy atom. The van der Waals surface area contributed by atoms with E-state index in [1.54, 1.807) is 0 Å². The monoisotopic (exact) mass is 307 g/mol. The van der Waals surface area contributed by atoms with Crippen LogP contribution in [0.1, 0.15) is 25.3 Å². The minimum absolute atomic E-state index is 0.146. The van der Waals surface area contributed by atoms with E-state index in [-0.39, 0.29) is 25.5 Å². The van der Waals surface area contributed by atoms with Gasteiger partial charge in [-0.05, 0) is 30.5 Å². The highest BCUT2D eigenvalue weighted by Gasteiger charge is 2.38. The number of aryl methyl sites for hydroxylation is 1. The van der Waals surface area contributed by atoms with Gasteiger partial charge in [0, 0.05) is 6.61 Å². The van der Waals surface area contributed by atoms with Crippen LogP contribution in [0.15, 0.2) is 24.3 Å². The van der Waals surface area contributed by atoms with E-state index in [1.165, 1.54) is 5.56 Å². The molecule has 1 unspecified atom stereocenters. The van der Waals surface area contributed by atoms with E-state index >= 15 is 0 Å². The summed E-state index contributed by atoms with van der Waals surface area (Å²) < 4.78 is 10.7. The first-order valence-electron chi connectivity index (χ1n) is 7.35. The summed E-state index contributed by atoms with van der Waals surface area (Å²) in [5, 5.41) is 11.7. The quantitative estimate of drug-likeness (QED) is 0.795. The summed E-state index contributed by atoms with van der Waals surface area (Å²) in [7, 11) is 0. The lowest BCUT2D eigenvalue weighted by atomic mass is 9.94. The lowest BCUT2D eigenvalue weighted by Crippen LogP contribution is -2.51. The predicted molar refractivity (Wildman–Crippen MR) is 79.9 cm³/mol. The van der Waals surface area contributed by atoms with E-state index in [2.05, 4.69) is 12.2 Å². The molecule has 1 heterocycles. The number of nitrogens with one attached hydrogen (secondary N) is 1. The highest BCUT2D eigenvalue weighted by atomic mass is 16.5. The Morgan fingerprint density at radius 3 is 2.64 bits per heavy atom. The number of carbonyl (C=O) groups is 2. The van der Waals surface area contributed by atoms with Crippen molar-refractivity contribution >= 4 is 11.9 Å². The molecule has 0 aliphatic carbocycles. The number of benzene rings is 1. The van der Waals surface area contributed by atoms with Gasteiger partial charge in [-0.15, -0.1) is 0 Å². The Kier molecular flexibility index (Phi) is 5.38. The number of rotatable bonds is 7. The minimum Gasteiger partial charge on any atom is -0.484 e. The molecule has 1 saturated heterocycles. The normalized spacial score (nSPS) is 20.6. The molecule has 2 rings (SSSR count). The van der Waals surface area contributed by atoms with Gasteiger partial charge >= 0.3 is 5.97 Å². The van der Waals surface area contributed by atoms with Crippen LogP contribution < -0.4 is 10.1 Å². The van der Waals surface area contributed by atoms with Crippen LogP contribution in [0.4, 0.5) is 0 Å². The summed E-state index contributed by atoms with van der Waals surface area (Å²) in [5.41, 5.74) is 0.374. The molecule has 1 atom stereocenters. The van der Waals surface area contributed by atoms with Crippen LogP contribution in [0.2, 0.25) is 0 Å². The van der Waals surface area contributed by atoms with Crippen LogP contribution >= 0.6 is 0 Å². The van der Waals surface area contributed by atoms with E-state index in [0.717, 1.165) is 6.42 Å². The summed E-state index contributed by atoms with van der Waals surface area (Å²) in [6.45, 7) is 2.59. The molecular formula is C16H21NO5. The van der Waals surface area contributed by atoms with Gasteiger partial charge in [0.15, 0.2) is 6.61 Å². The molecule has 0 bridgehead atoms. The molecule has 1 amide bonds. The highest BCUT2D eigenvalue weighted by molar-refractivity contribution is 5.79. The van der Waals surface area contributed by atoms with Gasteiger partial charge in [0.2, 0.25) is 0 Å². The maximum Gasteiger partial charge on any atom is 0.305 e. The average Bonchev–Trinajstić information content (AvgIpc) is 2.92. The summed E-state index contributed by atoms with van der Waals surface area (Å²) in [5.74, 6) is -0.685. The van der Waals surface area contributed by atoms with E-state index in [0.29, 0.717) is 18.8 Å². The minimum atomic E-state index is -0.957. The fourth-order valence-corrected chi connectivity index (χ4v) is 2.48. The van der Waals surface area contributed by atoms with Crippen LogP contribution in [0.5, 0.6) is 5.75 Å². The second kappa shape index (κ2) is 7.26. The zero-order chi connectivity index (χ0) is 16.0. The maximum atomic E-state index is 12.0. The molecule has 120 valence electrons. The molecular weight excluding hydrogens is 286 g/mol. The maximum absolute atomic E-state index is 12.0. The number of carboxylic acids is 1. The third-order valence-corrected chi connectivity index (χ3v) is 3.70. The van der Waals surface area contributed by atoms with Crippen molar-refractivity contribution in [2.45, 2.75) is 31.7 Å². The third-order valence-electron chi connectivity index (χ3n) is 3.70. The Labute approximate surface area is 129 Å². The SMILES string of the molecule is CCc1ccc(OCC(=O)NC2(CC(=O)O)CCOC2)cc1. The molecule has 2 N–H and O–H groups in total. The van der Waals surface area contributed by atoms with Gasteiger partial charge in [0.05, 0.1) is 18.6 Å². The van der Waals surface area contributed by atoms with Gasteiger partial charge in [-0.1, -0.05) is 19.1 Å².